The average molecular weight is 419 g/mol. The minimum atomic E-state index is -0.637. The van der Waals surface area contributed by atoms with Gasteiger partial charge >= 0.3 is 6.03 Å². The van der Waals surface area contributed by atoms with Crippen molar-refractivity contribution < 1.29 is 14.0 Å². The number of nitrogens with two attached hydrogens (primary N) is 2. The number of nitrogens with zero attached hydrogens (tertiary/aromatic N) is 3. The van der Waals surface area contributed by atoms with Gasteiger partial charge in [0.05, 0.1) is 11.3 Å². The standard InChI is InChI=1S/C21H18FN7O2/c1-11-2-7-15(22)16(8-11)28-21(31)27-13-5-3-12(4-6-13)17-14(20(24)30)9-29-18(17)19(23)25-10-26-29/h2-10H,1H3,(H2,24,30)(H2,23,25,26)(H2,27,28,31). The summed E-state index contributed by atoms with van der Waals surface area (Å²) in [6, 6.07) is 10.5. The van der Waals surface area contributed by atoms with Crippen LogP contribution in [0.5, 0.6) is 0 Å². The van der Waals surface area contributed by atoms with Gasteiger partial charge in [0.1, 0.15) is 17.7 Å². The van der Waals surface area contributed by atoms with Gasteiger partial charge in [-0.15, -0.1) is 0 Å². The van der Waals surface area contributed by atoms with Gasteiger partial charge in [0.2, 0.25) is 0 Å². The van der Waals surface area contributed by atoms with Gasteiger partial charge in [0, 0.05) is 17.4 Å². The van der Waals surface area contributed by atoms with Crippen molar-refractivity contribution in [3.8, 4) is 11.1 Å². The number of fused-ring (bicyclic) bond motifs is 1. The molecule has 10 heteroatoms. The highest BCUT2D eigenvalue weighted by Gasteiger charge is 2.20. The Balaban J connectivity index is 1.60. The van der Waals surface area contributed by atoms with Gasteiger partial charge in [0.25, 0.3) is 5.91 Å². The molecule has 0 aliphatic carbocycles. The Bertz CT molecular complexity index is 1320. The molecule has 3 amide bonds. The second-order valence-electron chi connectivity index (χ2n) is 6.86. The van der Waals surface area contributed by atoms with Crippen molar-refractivity contribution >= 4 is 34.6 Å². The molecule has 0 atom stereocenters. The van der Waals surface area contributed by atoms with Crippen molar-refractivity contribution in [2.75, 3.05) is 16.4 Å². The summed E-state index contributed by atoms with van der Waals surface area (Å²) >= 11 is 0. The van der Waals surface area contributed by atoms with E-state index < -0.39 is 17.8 Å². The van der Waals surface area contributed by atoms with Crippen LogP contribution in [0.15, 0.2) is 55.0 Å². The number of urea groups is 1. The largest absolute Gasteiger partial charge is 0.382 e. The molecule has 0 aliphatic rings. The first-order chi connectivity index (χ1) is 14.8. The molecule has 2 aromatic heterocycles. The van der Waals surface area contributed by atoms with Gasteiger partial charge in [-0.05, 0) is 42.3 Å². The maximum atomic E-state index is 13.8. The molecule has 0 bridgehead atoms. The Morgan fingerprint density at radius 2 is 1.84 bits per heavy atom. The van der Waals surface area contributed by atoms with Gasteiger partial charge in [0.15, 0.2) is 5.82 Å². The number of halogens is 1. The highest BCUT2D eigenvalue weighted by Crippen LogP contribution is 2.32. The van der Waals surface area contributed by atoms with E-state index in [0.717, 1.165) is 5.56 Å². The molecule has 156 valence electrons. The van der Waals surface area contributed by atoms with Gasteiger partial charge in [-0.25, -0.2) is 18.7 Å². The molecule has 0 aliphatic heterocycles. The van der Waals surface area contributed by atoms with E-state index in [-0.39, 0.29) is 17.1 Å². The van der Waals surface area contributed by atoms with E-state index in [4.69, 9.17) is 11.5 Å². The first-order valence-electron chi connectivity index (χ1n) is 9.19. The molecule has 31 heavy (non-hydrogen) atoms. The molecular weight excluding hydrogens is 401 g/mol. The zero-order chi connectivity index (χ0) is 22.1. The molecule has 0 saturated heterocycles. The number of hydrogen-bond donors (Lipinski definition) is 4. The number of nitrogen functional groups attached to an aromatic ring is 1. The number of anilines is 3. The topological polar surface area (TPSA) is 140 Å². The van der Waals surface area contributed by atoms with Crippen LogP contribution in [0.3, 0.4) is 0 Å². The van der Waals surface area contributed by atoms with Gasteiger partial charge in [-0.3, -0.25) is 4.79 Å². The summed E-state index contributed by atoms with van der Waals surface area (Å²) in [5, 5.41) is 9.17. The molecule has 0 spiro atoms. The number of carbonyl (C=O) groups excluding carboxylic acids is 2. The van der Waals surface area contributed by atoms with E-state index in [1.807, 2.05) is 0 Å². The van der Waals surface area contributed by atoms with Crippen LogP contribution in [-0.4, -0.2) is 26.5 Å². The molecule has 0 fully saturated rings. The Kier molecular flexibility index (Phi) is 4.96. The number of aromatic nitrogens is 3. The van der Waals surface area contributed by atoms with E-state index in [0.29, 0.717) is 22.3 Å². The van der Waals surface area contributed by atoms with Crippen LogP contribution in [0.1, 0.15) is 15.9 Å². The van der Waals surface area contributed by atoms with Crippen LogP contribution in [-0.2, 0) is 0 Å². The Hall–Kier alpha value is -4.47. The molecule has 0 radical (unpaired) electrons. The lowest BCUT2D eigenvalue weighted by molar-refractivity contribution is 0.100. The highest BCUT2D eigenvalue weighted by molar-refractivity contribution is 6.06. The van der Waals surface area contributed by atoms with Gasteiger partial charge < -0.3 is 22.1 Å². The molecule has 0 saturated carbocycles. The molecule has 4 rings (SSSR count). The third-order valence-electron chi connectivity index (χ3n) is 4.67. The summed E-state index contributed by atoms with van der Waals surface area (Å²) in [7, 11) is 0. The molecule has 2 heterocycles. The maximum absolute atomic E-state index is 13.8. The fourth-order valence-electron chi connectivity index (χ4n) is 3.25. The van der Waals surface area contributed by atoms with E-state index in [2.05, 4.69) is 20.7 Å². The van der Waals surface area contributed by atoms with Crippen LogP contribution in [0.2, 0.25) is 0 Å². The monoisotopic (exact) mass is 419 g/mol. The zero-order valence-corrected chi connectivity index (χ0v) is 16.4. The average Bonchev–Trinajstić information content (AvgIpc) is 3.13. The summed E-state index contributed by atoms with van der Waals surface area (Å²) in [5.41, 5.74) is 14.7. The van der Waals surface area contributed by atoms with E-state index >= 15 is 0 Å². The summed E-state index contributed by atoms with van der Waals surface area (Å²) in [6.45, 7) is 1.80. The molecule has 9 nitrogen and oxygen atoms in total. The first kappa shape index (κ1) is 19.8. The normalized spacial score (nSPS) is 10.8. The predicted octanol–water partition coefficient (Wildman–Crippen LogP) is 3.17. The number of nitrogens with one attached hydrogen (secondary N) is 2. The highest BCUT2D eigenvalue weighted by atomic mass is 19.1. The van der Waals surface area contributed by atoms with Gasteiger partial charge in [-0.1, -0.05) is 18.2 Å². The lowest BCUT2D eigenvalue weighted by Gasteiger charge is -2.10. The van der Waals surface area contributed by atoms with Crippen LogP contribution < -0.4 is 22.1 Å². The SMILES string of the molecule is Cc1ccc(F)c(NC(=O)Nc2ccc(-c3c(C(N)=O)cn4ncnc(N)c34)cc2)c1. The Morgan fingerprint density at radius 3 is 2.55 bits per heavy atom. The molecule has 0 unspecified atom stereocenters. The fraction of sp³-hybridized carbons (Fsp3) is 0.0476. The Morgan fingerprint density at radius 1 is 1.10 bits per heavy atom. The van der Waals surface area contributed by atoms with E-state index in [9.17, 15) is 14.0 Å². The van der Waals surface area contributed by atoms with Crippen molar-refractivity contribution in [3.63, 3.8) is 0 Å². The number of primary amides is 1. The molecule has 2 aromatic carbocycles. The number of rotatable bonds is 4. The quantitative estimate of drug-likeness (QED) is 0.402. The van der Waals surface area contributed by atoms with Crippen molar-refractivity contribution in [2.24, 2.45) is 5.73 Å². The molecule has 6 N–H and O–H groups in total. The Labute approximate surface area is 175 Å². The number of benzene rings is 2. The lowest BCUT2D eigenvalue weighted by Crippen LogP contribution is -2.20. The fourth-order valence-corrected chi connectivity index (χ4v) is 3.25. The number of aryl methyl sites for hydroxylation is 1. The van der Waals surface area contributed by atoms with Gasteiger partial charge in [-0.2, -0.15) is 5.10 Å². The van der Waals surface area contributed by atoms with Crippen molar-refractivity contribution in [3.05, 3.63) is 71.9 Å². The third-order valence-corrected chi connectivity index (χ3v) is 4.67. The summed E-state index contributed by atoms with van der Waals surface area (Å²) in [6.07, 6.45) is 2.76. The lowest BCUT2D eigenvalue weighted by atomic mass is 10.0. The predicted molar refractivity (Wildman–Crippen MR) is 115 cm³/mol. The third kappa shape index (κ3) is 3.86. The van der Waals surface area contributed by atoms with Crippen LogP contribution in [0, 0.1) is 12.7 Å². The molecular formula is C21H18FN7O2. The van der Waals surface area contributed by atoms with Crippen LogP contribution in [0.4, 0.5) is 26.4 Å². The number of amides is 3. The van der Waals surface area contributed by atoms with Crippen molar-refractivity contribution in [1.82, 2.24) is 14.6 Å². The summed E-state index contributed by atoms with van der Waals surface area (Å²) in [5.74, 6) is -0.976. The van der Waals surface area contributed by atoms with Crippen molar-refractivity contribution in [2.45, 2.75) is 6.92 Å². The number of hydrogen-bond acceptors (Lipinski definition) is 5. The zero-order valence-electron chi connectivity index (χ0n) is 16.4. The van der Waals surface area contributed by atoms with Crippen LogP contribution in [0.25, 0.3) is 16.6 Å². The minimum Gasteiger partial charge on any atom is -0.382 e. The summed E-state index contributed by atoms with van der Waals surface area (Å²) < 4.78 is 15.3. The minimum absolute atomic E-state index is 0.0796. The molecule has 4 aromatic rings. The van der Waals surface area contributed by atoms with E-state index in [1.165, 1.54) is 29.2 Å². The maximum Gasteiger partial charge on any atom is 0.323 e. The van der Waals surface area contributed by atoms with Crippen LogP contribution >= 0.6 is 0 Å². The second-order valence-corrected chi connectivity index (χ2v) is 6.86. The second kappa shape index (κ2) is 7.75. The summed E-state index contributed by atoms with van der Waals surface area (Å²) in [4.78, 5) is 28.1. The van der Waals surface area contributed by atoms with E-state index in [1.54, 1.807) is 37.3 Å². The van der Waals surface area contributed by atoms with Crippen molar-refractivity contribution in [1.29, 1.82) is 0 Å². The number of carbonyl (C=O) groups is 2. The first-order valence-corrected chi connectivity index (χ1v) is 9.19. The smallest absolute Gasteiger partial charge is 0.323 e.